The summed E-state index contributed by atoms with van der Waals surface area (Å²) < 4.78 is 6.60. The van der Waals surface area contributed by atoms with Gasteiger partial charge >= 0.3 is 0 Å². The molecule has 3 heterocycles. The summed E-state index contributed by atoms with van der Waals surface area (Å²) in [5.41, 5.74) is 1.09. The summed E-state index contributed by atoms with van der Waals surface area (Å²) in [6, 6.07) is 6.67. The lowest BCUT2D eigenvalue weighted by Gasteiger charge is -2.02. The van der Waals surface area contributed by atoms with Gasteiger partial charge in [0.1, 0.15) is 5.69 Å². The van der Waals surface area contributed by atoms with E-state index in [4.69, 9.17) is 4.52 Å². The van der Waals surface area contributed by atoms with Gasteiger partial charge < -0.3 is 4.52 Å². The van der Waals surface area contributed by atoms with E-state index in [9.17, 15) is 4.79 Å². The molecule has 0 fully saturated rings. The highest BCUT2D eigenvalue weighted by atomic mass is 16.5. The summed E-state index contributed by atoms with van der Waals surface area (Å²) in [6.07, 6.45) is 4.15. The van der Waals surface area contributed by atoms with E-state index in [1.54, 1.807) is 24.5 Å². The maximum Gasteiger partial charge on any atom is 0.278 e. The molecule has 0 saturated carbocycles. The Kier molecular flexibility index (Phi) is 3.55. The lowest BCUT2D eigenvalue weighted by Crippen LogP contribution is -2.21. The number of hydrogen-bond donors (Lipinski definition) is 0. The van der Waals surface area contributed by atoms with Crippen molar-refractivity contribution in [1.82, 2.24) is 24.9 Å². The number of aryl methyl sites for hydroxylation is 1. The van der Waals surface area contributed by atoms with Crippen LogP contribution in [0.2, 0.25) is 0 Å². The quantitative estimate of drug-likeness (QED) is 0.725. The second-order valence-corrected chi connectivity index (χ2v) is 4.44. The van der Waals surface area contributed by atoms with E-state index in [0.717, 1.165) is 12.0 Å². The highest BCUT2D eigenvalue weighted by molar-refractivity contribution is 5.56. The third-order valence-electron chi connectivity index (χ3n) is 2.87. The van der Waals surface area contributed by atoms with Crippen LogP contribution in [0.5, 0.6) is 0 Å². The molecule has 0 atom stereocenters. The Bertz CT molecular complexity index is 794. The molecule has 0 bridgehead atoms. The third kappa shape index (κ3) is 2.71. The molecule has 3 aromatic rings. The van der Waals surface area contributed by atoms with Crippen molar-refractivity contribution in [3.05, 3.63) is 47.0 Å². The van der Waals surface area contributed by atoms with E-state index in [1.165, 1.54) is 10.7 Å². The molecule has 7 heteroatoms. The molecule has 0 radical (unpaired) electrons. The van der Waals surface area contributed by atoms with Crippen LogP contribution in [0.4, 0.5) is 0 Å². The molecule has 0 unspecified atom stereocenters. The van der Waals surface area contributed by atoms with Crippen LogP contribution < -0.4 is 5.56 Å². The van der Waals surface area contributed by atoms with E-state index < -0.39 is 0 Å². The largest absolute Gasteiger partial charge is 0.332 e. The number of aromatic nitrogens is 5. The van der Waals surface area contributed by atoms with Gasteiger partial charge in [0.15, 0.2) is 0 Å². The van der Waals surface area contributed by atoms with Gasteiger partial charge in [0, 0.05) is 30.6 Å². The normalized spacial score (nSPS) is 10.7. The number of nitrogens with zero attached hydrogens (tertiary/aromatic N) is 5. The summed E-state index contributed by atoms with van der Waals surface area (Å²) in [6.45, 7) is 2.53. The molecule has 3 aromatic heterocycles. The summed E-state index contributed by atoms with van der Waals surface area (Å²) >= 11 is 0. The van der Waals surface area contributed by atoms with Gasteiger partial charge in [-0.15, -0.1) is 0 Å². The molecule has 0 amide bonds. The molecule has 7 nitrogen and oxygen atoms in total. The zero-order chi connectivity index (χ0) is 14.7. The smallest absolute Gasteiger partial charge is 0.278 e. The van der Waals surface area contributed by atoms with Crippen molar-refractivity contribution in [1.29, 1.82) is 0 Å². The van der Waals surface area contributed by atoms with Crippen molar-refractivity contribution in [3.8, 4) is 23.0 Å². The van der Waals surface area contributed by atoms with Crippen LogP contribution in [-0.4, -0.2) is 24.9 Å². The Morgan fingerprint density at radius 3 is 2.95 bits per heavy atom. The van der Waals surface area contributed by atoms with Gasteiger partial charge in [-0.05, 0) is 24.6 Å². The average molecular weight is 283 g/mol. The predicted octanol–water partition coefficient (Wildman–Crippen LogP) is 1.77. The molecule has 21 heavy (non-hydrogen) atoms. The second-order valence-electron chi connectivity index (χ2n) is 4.44. The summed E-state index contributed by atoms with van der Waals surface area (Å²) in [5.74, 6) is 0.715. The van der Waals surface area contributed by atoms with E-state index in [0.29, 0.717) is 18.1 Å². The van der Waals surface area contributed by atoms with Gasteiger partial charge in [0.2, 0.25) is 5.82 Å². The van der Waals surface area contributed by atoms with Crippen LogP contribution in [-0.2, 0) is 6.54 Å². The highest BCUT2D eigenvalue weighted by Crippen LogP contribution is 2.19. The minimum absolute atomic E-state index is 0.146. The first-order chi connectivity index (χ1) is 10.3. The van der Waals surface area contributed by atoms with Crippen molar-refractivity contribution in [2.24, 2.45) is 0 Å². The monoisotopic (exact) mass is 283 g/mol. The molecule has 3 rings (SSSR count). The Balaban J connectivity index is 1.97. The van der Waals surface area contributed by atoms with Crippen LogP contribution >= 0.6 is 0 Å². The fourth-order valence-electron chi connectivity index (χ4n) is 1.87. The minimum Gasteiger partial charge on any atom is -0.332 e. The lowest BCUT2D eigenvalue weighted by atomic mass is 10.3. The SMILES string of the molecule is CCCn1nc(-c2nc(-c3cccnc3)no2)ccc1=O. The first-order valence-corrected chi connectivity index (χ1v) is 6.60. The van der Waals surface area contributed by atoms with Crippen LogP contribution in [0.15, 0.2) is 46.0 Å². The summed E-state index contributed by atoms with van der Waals surface area (Å²) in [5, 5.41) is 8.14. The van der Waals surface area contributed by atoms with Gasteiger partial charge in [-0.25, -0.2) is 4.68 Å². The van der Waals surface area contributed by atoms with E-state index in [2.05, 4.69) is 20.2 Å². The van der Waals surface area contributed by atoms with Gasteiger partial charge in [0.05, 0.1) is 0 Å². The summed E-state index contributed by atoms with van der Waals surface area (Å²) in [4.78, 5) is 19.9. The molecular formula is C14H13N5O2. The minimum atomic E-state index is -0.146. The molecule has 0 saturated heterocycles. The second kappa shape index (κ2) is 5.66. The van der Waals surface area contributed by atoms with Crippen molar-refractivity contribution in [3.63, 3.8) is 0 Å². The van der Waals surface area contributed by atoms with Crippen molar-refractivity contribution >= 4 is 0 Å². The Morgan fingerprint density at radius 1 is 1.29 bits per heavy atom. The van der Waals surface area contributed by atoms with Crippen LogP contribution in [0.1, 0.15) is 13.3 Å². The van der Waals surface area contributed by atoms with Gasteiger partial charge in [0.25, 0.3) is 11.4 Å². The lowest BCUT2D eigenvalue weighted by molar-refractivity contribution is 0.428. The van der Waals surface area contributed by atoms with Crippen LogP contribution in [0, 0.1) is 0 Å². The Morgan fingerprint density at radius 2 is 2.19 bits per heavy atom. The fraction of sp³-hybridized carbons (Fsp3) is 0.214. The molecule has 0 aliphatic rings. The number of hydrogen-bond acceptors (Lipinski definition) is 6. The van der Waals surface area contributed by atoms with Crippen LogP contribution in [0.3, 0.4) is 0 Å². The Hall–Kier alpha value is -2.83. The molecule has 0 aromatic carbocycles. The zero-order valence-corrected chi connectivity index (χ0v) is 11.4. The first kappa shape index (κ1) is 13.2. The third-order valence-corrected chi connectivity index (χ3v) is 2.87. The maximum absolute atomic E-state index is 11.6. The van der Waals surface area contributed by atoms with Crippen molar-refractivity contribution in [2.75, 3.05) is 0 Å². The fourth-order valence-corrected chi connectivity index (χ4v) is 1.87. The molecule has 0 aliphatic carbocycles. The number of rotatable bonds is 4. The van der Waals surface area contributed by atoms with Gasteiger partial charge in [-0.3, -0.25) is 9.78 Å². The van der Waals surface area contributed by atoms with Gasteiger partial charge in [-0.2, -0.15) is 10.1 Å². The standard InChI is InChI=1S/C14H13N5O2/c1-2-8-19-12(20)6-5-11(17-19)14-16-13(18-21-14)10-4-3-7-15-9-10/h3-7,9H,2,8H2,1H3. The average Bonchev–Trinajstić information content (AvgIpc) is 3.00. The van der Waals surface area contributed by atoms with E-state index in [1.807, 2.05) is 13.0 Å². The Labute approximate surface area is 120 Å². The molecule has 0 N–H and O–H groups in total. The summed E-state index contributed by atoms with van der Waals surface area (Å²) in [7, 11) is 0. The van der Waals surface area contributed by atoms with E-state index >= 15 is 0 Å². The molecule has 0 spiro atoms. The molecule has 0 aliphatic heterocycles. The van der Waals surface area contributed by atoms with Crippen LogP contribution in [0.25, 0.3) is 23.0 Å². The zero-order valence-electron chi connectivity index (χ0n) is 11.4. The maximum atomic E-state index is 11.6. The highest BCUT2D eigenvalue weighted by Gasteiger charge is 2.13. The van der Waals surface area contributed by atoms with Crippen molar-refractivity contribution in [2.45, 2.75) is 19.9 Å². The molecule has 106 valence electrons. The first-order valence-electron chi connectivity index (χ1n) is 6.60. The molecular weight excluding hydrogens is 270 g/mol. The van der Waals surface area contributed by atoms with Crippen molar-refractivity contribution < 1.29 is 4.52 Å². The van der Waals surface area contributed by atoms with Gasteiger partial charge in [-0.1, -0.05) is 12.1 Å². The van der Waals surface area contributed by atoms with E-state index in [-0.39, 0.29) is 11.4 Å². The predicted molar refractivity (Wildman–Crippen MR) is 75.3 cm³/mol. The topological polar surface area (TPSA) is 86.7 Å². The number of pyridine rings is 1.